The van der Waals surface area contributed by atoms with Crippen molar-refractivity contribution in [1.82, 2.24) is 14.5 Å². The van der Waals surface area contributed by atoms with Gasteiger partial charge in [-0.1, -0.05) is 97.1 Å². The zero-order valence-corrected chi connectivity index (χ0v) is 24.9. The number of hydrogen-bond donors (Lipinski definition) is 0. The molecule has 0 bridgehead atoms. The van der Waals surface area contributed by atoms with E-state index in [1.54, 1.807) is 0 Å². The number of para-hydroxylation sites is 1. The molecule has 0 fully saturated rings. The van der Waals surface area contributed by atoms with Crippen molar-refractivity contribution in [2.24, 2.45) is 0 Å². The number of nitrogens with zero attached hydrogens (tertiary/aromatic N) is 4. The van der Waals surface area contributed by atoms with E-state index in [9.17, 15) is 5.26 Å². The number of fused-ring (bicyclic) bond motifs is 6. The Kier molecular flexibility index (Phi) is 5.91. The van der Waals surface area contributed by atoms with Gasteiger partial charge in [-0.05, 0) is 77.2 Å². The van der Waals surface area contributed by atoms with Gasteiger partial charge < -0.3 is 4.57 Å². The lowest BCUT2D eigenvalue weighted by Gasteiger charge is -2.12. The highest BCUT2D eigenvalue weighted by molar-refractivity contribution is 6.11. The summed E-state index contributed by atoms with van der Waals surface area (Å²) in [4.78, 5) is 10.2. The summed E-state index contributed by atoms with van der Waals surface area (Å²) in [6, 6.07) is 52.7. The first-order valence-corrected chi connectivity index (χ1v) is 15.4. The molecule has 9 rings (SSSR count). The van der Waals surface area contributed by atoms with Crippen molar-refractivity contribution >= 4 is 21.8 Å². The third-order valence-electron chi connectivity index (χ3n) is 9.05. The minimum atomic E-state index is 0.620. The van der Waals surface area contributed by atoms with Gasteiger partial charge in [-0.2, -0.15) is 5.26 Å². The summed E-state index contributed by atoms with van der Waals surface area (Å²) >= 11 is 0. The smallest absolute Gasteiger partial charge is 0.160 e. The quantitative estimate of drug-likeness (QED) is 0.206. The average Bonchev–Trinajstić information content (AvgIpc) is 3.65. The molecule has 0 saturated carbocycles. The van der Waals surface area contributed by atoms with E-state index in [2.05, 4.69) is 108 Å². The molecule has 4 heteroatoms. The van der Waals surface area contributed by atoms with E-state index < -0.39 is 0 Å². The fraction of sp³-hybridized carbons (Fsp3) is 0.0238. The molecule has 0 aliphatic heterocycles. The number of aromatic nitrogens is 3. The normalized spacial score (nSPS) is 11.8. The first kappa shape index (κ1) is 26.1. The zero-order chi connectivity index (χ0) is 30.6. The highest BCUT2D eigenvalue weighted by atomic mass is 15.0. The molecular weight excluding hydrogens is 560 g/mol. The van der Waals surface area contributed by atoms with Crippen LogP contribution in [0.5, 0.6) is 0 Å². The zero-order valence-electron chi connectivity index (χ0n) is 24.9. The SMILES string of the molecule is N#Cc1ccc(-c2cc(-c3ccccc3)nc(-c3cccc(-n4c5ccccc5c5cc6c(cc54)-c4ccccc4C6)c3)n2)cc1. The molecule has 0 radical (unpaired) electrons. The van der Waals surface area contributed by atoms with Crippen LogP contribution in [0.15, 0.2) is 146 Å². The fourth-order valence-electron chi connectivity index (χ4n) is 6.86. The van der Waals surface area contributed by atoms with Crippen molar-refractivity contribution in [2.75, 3.05) is 0 Å². The minimum absolute atomic E-state index is 0.620. The third-order valence-corrected chi connectivity index (χ3v) is 9.05. The summed E-state index contributed by atoms with van der Waals surface area (Å²) in [7, 11) is 0. The van der Waals surface area contributed by atoms with E-state index >= 15 is 0 Å². The van der Waals surface area contributed by atoms with Gasteiger partial charge in [0.05, 0.1) is 34.1 Å². The first-order chi connectivity index (χ1) is 22.7. The van der Waals surface area contributed by atoms with Gasteiger partial charge in [0.15, 0.2) is 5.82 Å². The molecule has 0 amide bonds. The number of benzene rings is 6. The summed E-state index contributed by atoms with van der Waals surface area (Å²) in [6.45, 7) is 0. The van der Waals surface area contributed by atoms with Crippen LogP contribution >= 0.6 is 0 Å². The molecule has 1 aliphatic carbocycles. The van der Waals surface area contributed by atoms with Crippen LogP contribution in [0.1, 0.15) is 16.7 Å². The maximum Gasteiger partial charge on any atom is 0.160 e. The van der Waals surface area contributed by atoms with Crippen LogP contribution in [0, 0.1) is 11.3 Å². The molecule has 0 unspecified atom stereocenters. The molecule has 4 nitrogen and oxygen atoms in total. The van der Waals surface area contributed by atoms with E-state index in [1.165, 1.54) is 44.1 Å². The van der Waals surface area contributed by atoms with Gasteiger partial charge in [-0.15, -0.1) is 0 Å². The second-order valence-electron chi connectivity index (χ2n) is 11.8. The molecule has 1 aliphatic rings. The van der Waals surface area contributed by atoms with Crippen LogP contribution < -0.4 is 0 Å². The Bertz CT molecular complexity index is 2500. The topological polar surface area (TPSA) is 54.5 Å². The van der Waals surface area contributed by atoms with Crippen molar-refractivity contribution in [3.8, 4) is 56.8 Å². The van der Waals surface area contributed by atoms with Crippen LogP contribution in [0.2, 0.25) is 0 Å². The summed E-state index contributed by atoms with van der Waals surface area (Å²) in [5.74, 6) is 0.651. The van der Waals surface area contributed by atoms with Gasteiger partial charge in [0.2, 0.25) is 0 Å². The molecule has 0 saturated heterocycles. The van der Waals surface area contributed by atoms with Gasteiger partial charge >= 0.3 is 0 Å². The predicted octanol–water partition coefficient (Wildman–Crippen LogP) is 10.0. The molecule has 8 aromatic rings. The van der Waals surface area contributed by atoms with Gasteiger partial charge in [-0.25, -0.2) is 9.97 Å². The van der Waals surface area contributed by atoms with Crippen LogP contribution in [0.25, 0.3) is 72.5 Å². The van der Waals surface area contributed by atoms with Gasteiger partial charge in [0.1, 0.15) is 0 Å². The maximum atomic E-state index is 9.33. The lowest BCUT2D eigenvalue weighted by atomic mass is 10.0. The number of hydrogen-bond acceptors (Lipinski definition) is 3. The van der Waals surface area contributed by atoms with Crippen molar-refractivity contribution in [1.29, 1.82) is 5.26 Å². The van der Waals surface area contributed by atoms with Crippen molar-refractivity contribution in [2.45, 2.75) is 6.42 Å². The van der Waals surface area contributed by atoms with E-state index in [1.807, 2.05) is 48.5 Å². The van der Waals surface area contributed by atoms with Crippen molar-refractivity contribution in [3.63, 3.8) is 0 Å². The Morgan fingerprint density at radius 2 is 1.24 bits per heavy atom. The fourth-order valence-corrected chi connectivity index (χ4v) is 6.86. The molecule has 46 heavy (non-hydrogen) atoms. The standard InChI is InChI=1S/C42H26N4/c43-26-27-17-19-29(20-18-27)39-25-38(28-9-2-1-3-10-28)44-42(45-39)31-12-8-13-33(22-31)46-40-16-7-6-15-35(40)37-23-32-21-30-11-4-5-14-34(30)36(32)24-41(37)46/h1-20,22-25H,21H2. The Morgan fingerprint density at radius 1 is 0.522 bits per heavy atom. The molecule has 214 valence electrons. The Hall–Kier alpha value is -6.31. The average molecular weight is 587 g/mol. The van der Waals surface area contributed by atoms with Gasteiger partial charge in [0, 0.05) is 33.2 Å². The minimum Gasteiger partial charge on any atom is -0.309 e. The lowest BCUT2D eigenvalue weighted by molar-refractivity contribution is 1.16. The monoisotopic (exact) mass is 586 g/mol. The van der Waals surface area contributed by atoms with Gasteiger partial charge in [0.25, 0.3) is 0 Å². The molecular formula is C42H26N4. The molecule has 6 aromatic carbocycles. The first-order valence-electron chi connectivity index (χ1n) is 15.4. The summed E-state index contributed by atoms with van der Waals surface area (Å²) in [5.41, 5.74) is 14.0. The van der Waals surface area contributed by atoms with Crippen LogP contribution in [0.3, 0.4) is 0 Å². The lowest BCUT2D eigenvalue weighted by Crippen LogP contribution is -1.98. The third kappa shape index (κ3) is 4.22. The van der Waals surface area contributed by atoms with Crippen LogP contribution in [0.4, 0.5) is 0 Å². The van der Waals surface area contributed by atoms with E-state index in [-0.39, 0.29) is 0 Å². The highest BCUT2D eigenvalue weighted by Gasteiger charge is 2.22. The number of nitriles is 1. The van der Waals surface area contributed by atoms with E-state index in [0.717, 1.165) is 40.2 Å². The highest BCUT2D eigenvalue weighted by Crippen LogP contribution is 2.42. The maximum absolute atomic E-state index is 9.33. The van der Waals surface area contributed by atoms with Crippen LogP contribution in [-0.4, -0.2) is 14.5 Å². The Balaban J connectivity index is 1.24. The van der Waals surface area contributed by atoms with Crippen LogP contribution in [-0.2, 0) is 6.42 Å². The molecule has 0 N–H and O–H groups in total. The second-order valence-corrected chi connectivity index (χ2v) is 11.8. The Labute approximate surface area is 266 Å². The van der Waals surface area contributed by atoms with Crippen molar-refractivity contribution < 1.29 is 0 Å². The molecule has 0 spiro atoms. The molecule has 2 aromatic heterocycles. The molecule has 2 heterocycles. The summed E-state index contributed by atoms with van der Waals surface area (Å²) in [5, 5.41) is 11.8. The summed E-state index contributed by atoms with van der Waals surface area (Å²) in [6.07, 6.45) is 0.965. The summed E-state index contributed by atoms with van der Waals surface area (Å²) < 4.78 is 2.37. The van der Waals surface area contributed by atoms with E-state index in [0.29, 0.717) is 11.4 Å². The largest absolute Gasteiger partial charge is 0.309 e. The second kappa shape index (κ2) is 10.4. The number of rotatable bonds is 4. The van der Waals surface area contributed by atoms with Gasteiger partial charge in [-0.3, -0.25) is 0 Å². The van der Waals surface area contributed by atoms with E-state index in [4.69, 9.17) is 9.97 Å². The predicted molar refractivity (Wildman–Crippen MR) is 186 cm³/mol. The Morgan fingerprint density at radius 3 is 2.07 bits per heavy atom. The van der Waals surface area contributed by atoms with Crippen molar-refractivity contribution in [3.05, 3.63) is 162 Å². The molecule has 0 atom stereocenters.